The third-order valence-corrected chi connectivity index (χ3v) is 2.99. The molecular formula is C14H23NO. The minimum Gasteiger partial charge on any atom is -0.488 e. The third-order valence-electron chi connectivity index (χ3n) is 2.99. The van der Waals surface area contributed by atoms with Crippen LogP contribution in [0.2, 0.25) is 0 Å². The predicted octanol–water partition coefficient (Wildman–Crippen LogP) is 3.66. The molecule has 0 bridgehead atoms. The Kier molecular flexibility index (Phi) is 4.36. The summed E-state index contributed by atoms with van der Waals surface area (Å²) in [6.07, 6.45) is 1.95. The van der Waals surface area contributed by atoms with Crippen LogP contribution in [-0.2, 0) is 0 Å². The Balaban J connectivity index is 2.72. The van der Waals surface area contributed by atoms with Crippen LogP contribution in [0, 0.1) is 0 Å². The van der Waals surface area contributed by atoms with E-state index in [1.54, 1.807) is 0 Å². The van der Waals surface area contributed by atoms with Gasteiger partial charge in [0.05, 0.1) is 0 Å². The van der Waals surface area contributed by atoms with Crippen LogP contribution in [0.3, 0.4) is 0 Å². The van der Waals surface area contributed by atoms with Crippen molar-refractivity contribution < 1.29 is 4.74 Å². The van der Waals surface area contributed by atoms with E-state index in [0.717, 1.165) is 18.6 Å². The molecule has 0 aromatic heterocycles. The van der Waals surface area contributed by atoms with Gasteiger partial charge in [-0.25, -0.2) is 0 Å². The van der Waals surface area contributed by atoms with Gasteiger partial charge in [-0.1, -0.05) is 26.0 Å². The highest BCUT2D eigenvalue weighted by Gasteiger charge is 2.16. The first-order chi connectivity index (χ1) is 7.48. The van der Waals surface area contributed by atoms with Crippen molar-refractivity contribution in [1.82, 2.24) is 0 Å². The summed E-state index contributed by atoms with van der Waals surface area (Å²) in [5.41, 5.74) is 7.02. The van der Waals surface area contributed by atoms with Gasteiger partial charge in [-0.05, 0) is 44.4 Å². The summed E-state index contributed by atoms with van der Waals surface area (Å²) in [5.74, 6) is 0.916. The molecule has 1 atom stereocenters. The maximum atomic E-state index is 5.96. The zero-order valence-corrected chi connectivity index (χ0v) is 10.8. The van der Waals surface area contributed by atoms with E-state index in [1.807, 2.05) is 12.1 Å². The molecule has 1 rings (SSSR count). The molecule has 0 radical (unpaired) electrons. The lowest BCUT2D eigenvalue weighted by atomic mass is 10.0. The van der Waals surface area contributed by atoms with E-state index in [1.165, 1.54) is 5.56 Å². The van der Waals surface area contributed by atoms with Gasteiger partial charge in [0.2, 0.25) is 0 Å². The highest BCUT2D eigenvalue weighted by molar-refractivity contribution is 5.29. The van der Waals surface area contributed by atoms with Crippen LogP contribution in [0.15, 0.2) is 24.3 Å². The molecule has 0 amide bonds. The second kappa shape index (κ2) is 5.35. The van der Waals surface area contributed by atoms with Crippen molar-refractivity contribution >= 4 is 0 Å². The van der Waals surface area contributed by atoms with Gasteiger partial charge in [0, 0.05) is 6.04 Å². The monoisotopic (exact) mass is 221 g/mol. The van der Waals surface area contributed by atoms with Gasteiger partial charge in [0.1, 0.15) is 11.4 Å². The van der Waals surface area contributed by atoms with Crippen molar-refractivity contribution in [1.29, 1.82) is 0 Å². The van der Waals surface area contributed by atoms with Crippen molar-refractivity contribution in [2.24, 2.45) is 5.73 Å². The molecule has 2 N–H and O–H groups in total. The van der Waals surface area contributed by atoms with E-state index in [9.17, 15) is 0 Å². The fourth-order valence-electron chi connectivity index (χ4n) is 1.41. The normalized spacial score (nSPS) is 13.6. The SMILES string of the molecule is CC[C@@H](N)c1ccc(OC(C)(C)CC)cc1. The van der Waals surface area contributed by atoms with E-state index in [0.29, 0.717) is 0 Å². The predicted molar refractivity (Wildman–Crippen MR) is 68.7 cm³/mol. The van der Waals surface area contributed by atoms with E-state index >= 15 is 0 Å². The highest BCUT2D eigenvalue weighted by atomic mass is 16.5. The van der Waals surface area contributed by atoms with Crippen LogP contribution in [-0.4, -0.2) is 5.60 Å². The van der Waals surface area contributed by atoms with Crippen molar-refractivity contribution in [2.75, 3.05) is 0 Å². The van der Waals surface area contributed by atoms with Crippen molar-refractivity contribution in [3.05, 3.63) is 29.8 Å². The lowest BCUT2D eigenvalue weighted by molar-refractivity contribution is 0.105. The number of benzene rings is 1. The van der Waals surface area contributed by atoms with Gasteiger partial charge in [-0.3, -0.25) is 0 Å². The van der Waals surface area contributed by atoms with Gasteiger partial charge >= 0.3 is 0 Å². The first-order valence-corrected chi connectivity index (χ1v) is 6.03. The Morgan fingerprint density at radius 3 is 2.19 bits per heavy atom. The second-order valence-corrected chi connectivity index (χ2v) is 4.80. The van der Waals surface area contributed by atoms with E-state index in [2.05, 4.69) is 39.8 Å². The molecule has 0 aliphatic heterocycles. The van der Waals surface area contributed by atoms with Gasteiger partial charge in [-0.2, -0.15) is 0 Å². The Morgan fingerprint density at radius 1 is 1.19 bits per heavy atom. The quantitative estimate of drug-likeness (QED) is 0.823. The zero-order valence-electron chi connectivity index (χ0n) is 10.8. The number of hydrogen-bond acceptors (Lipinski definition) is 2. The maximum Gasteiger partial charge on any atom is 0.120 e. The zero-order chi connectivity index (χ0) is 12.2. The summed E-state index contributed by atoms with van der Waals surface area (Å²) in [6, 6.07) is 8.24. The number of ether oxygens (including phenoxy) is 1. The lowest BCUT2D eigenvalue weighted by Gasteiger charge is -2.25. The summed E-state index contributed by atoms with van der Waals surface area (Å²) < 4.78 is 5.88. The van der Waals surface area contributed by atoms with Crippen LogP contribution >= 0.6 is 0 Å². The summed E-state index contributed by atoms with van der Waals surface area (Å²) in [4.78, 5) is 0. The second-order valence-electron chi connectivity index (χ2n) is 4.80. The Bertz CT molecular complexity index is 316. The van der Waals surface area contributed by atoms with Gasteiger partial charge < -0.3 is 10.5 Å². The molecule has 0 aliphatic carbocycles. The molecule has 16 heavy (non-hydrogen) atoms. The molecular weight excluding hydrogens is 198 g/mol. The number of rotatable bonds is 5. The molecule has 0 fully saturated rings. The molecule has 0 saturated heterocycles. The summed E-state index contributed by atoms with van der Waals surface area (Å²) >= 11 is 0. The summed E-state index contributed by atoms with van der Waals surface area (Å²) in [6.45, 7) is 8.41. The highest BCUT2D eigenvalue weighted by Crippen LogP contribution is 2.23. The molecule has 0 unspecified atom stereocenters. The molecule has 0 saturated carbocycles. The van der Waals surface area contributed by atoms with Crippen LogP contribution < -0.4 is 10.5 Å². The minimum absolute atomic E-state index is 0.103. The standard InChI is InChI=1S/C14H23NO/c1-5-13(15)11-7-9-12(10-8-11)16-14(3,4)6-2/h7-10,13H,5-6,15H2,1-4H3/t13-/m1/s1. The summed E-state index contributed by atoms with van der Waals surface area (Å²) in [7, 11) is 0. The Morgan fingerprint density at radius 2 is 1.75 bits per heavy atom. The topological polar surface area (TPSA) is 35.2 Å². The molecule has 1 aromatic carbocycles. The van der Waals surface area contributed by atoms with Crippen molar-refractivity contribution in [3.63, 3.8) is 0 Å². The average Bonchev–Trinajstić information content (AvgIpc) is 2.28. The van der Waals surface area contributed by atoms with Crippen molar-refractivity contribution in [2.45, 2.75) is 52.2 Å². The molecule has 0 spiro atoms. The first-order valence-electron chi connectivity index (χ1n) is 6.03. The van der Waals surface area contributed by atoms with E-state index < -0.39 is 0 Å². The lowest BCUT2D eigenvalue weighted by Crippen LogP contribution is -2.26. The van der Waals surface area contributed by atoms with Crippen LogP contribution in [0.5, 0.6) is 5.75 Å². The Labute approximate surface area is 98.8 Å². The molecule has 2 heteroatoms. The molecule has 0 heterocycles. The first kappa shape index (κ1) is 13.0. The molecule has 0 aliphatic rings. The van der Waals surface area contributed by atoms with Gasteiger partial charge in [0.25, 0.3) is 0 Å². The van der Waals surface area contributed by atoms with Crippen LogP contribution in [0.25, 0.3) is 0 Å². The van der Waals surface area contributed by atoms with E-state index in [-0.39, 0.29) is 11.6 Å². The smallest absolute Gasteiger partial charge is 0.120 e. The average molecular weight is 221 g/mol. The van der Waals surface area contributed by atoms with E-state index in [4.69, 9.17) is 10.5 Å². The third kappa shape index (κ3) is 3.53. The number of nitrogens with two attached hydrogens (primary N) is 1. The maximum absolute atomic E-state index is 5.96. The minimum atomic E-state index is -0.103. The van der Waals surface area contributed by atoms with Crippen LogP contribution in [0.4, 0.5) is 0 Å². The molecule has 1 aromatic rings. The molecule has 90 valence electrons. The summed E-state index contributed by atoms with van der Waals surface area (Å²) in [5, 5.41) is 0. The van der Waals surface area contributed by atoms with Gasteiger partial charge in [0.15, 0.2) is 0 Å². The Hall–Kier alpha value is -1.02. The number of hydrogen-bond donors (Lipinski definition) is 1. The van der Waals surface area contributed by atoms with Crippen LogP contribution in [0.1, 0.15) is 52.1 Å². The van der Waals surface area contributed by atoms with Crippen molar-refractivity contribution in [3.8, 4) is 5.75 Å². The molecule has 2 nitrogen and oxygen atoms in total. The largest absolute Gasteiger partial charge is 0.488 e. The fourth-order valence-corrected chi connectivity index (χ4v) is 1.41. The van der Waals surface area contributed by atoms with Gasteiger partial charge in [-0.15, -0.1) is 0 Å². The fraction of sp³-hybridized carbons (Fsp3) is 0.571.